The van der Waals surface area contributed by atoms with Gasteiger partial charge in [0.25, 0.3) is 0 Å². The highest BCUT2D eigenvalue weighted by Crippen LogP contribution is 2.19. The highest BCUT2D eigenvalue weighted by atomic mass is 16.5. The van der Waals surface area contributed by atoms with Gasteiger partial charge in [0.05, 0.1) is 0 Å². The Bertz CT molecular complexity index is 312. The summed E-state index contributed by atoms with van der Waals surface area (Å²) in [5.74, 6) is 0.994. The second kappa shape index (κ2) is 4.23. The van der Waals surface area contributed by atoms with Gasteiger partial charge in [-0.15, -0.1) is 0 Å². The van der Waals surface area contributed by atoms with Gasteiger partial charge in [0.15, 0.2) is 0 Å². The standard InChI is InChI=1S/C13H19NO/c1-10(2)14-8-13(9-14)15-12-6-4-11(3)5-7-12/h4-7,10,13H,8-9H2,1-3H3. The van der Waals surface area contributed by atoms with Crippen molar-refractivity contribution in [2.45, 2.75) is 32.9 Å². The molecule has 0 N–H and O–H groups in total. The van der Waals surface area contributed by atoms with Crippen LogP contribution in [0.15, 0.2) is 24.3 Å². The number of benzene rings is 1. The number of ether oxygens (including phenoxy) is 1. The predicted octanol–water partition coefficient (Wildman–Crippen LogP) is 2.47. The first-order valence-corrected chi connectivity index (χ1v) is 5.62. The van der Waals surface area contributed by atoms with Gasteiger partial charge in [-0.25, -0.2) is 0 Å². The quantitative estimate of drug-likeness (QED) is 0.751. The van der Waals surface area contributed by atoms with Gasteiger partial charge in [-0.05, 0) is 32.9 Å². The maximum Gasteiger partial charge on any atom is 0.124 e. The minimum atomic E-state index is 0.384. The van der Waals surface area contributed by atoms with Crippen LogP contribution in [0.3, 0.4) is 0 Å². The Morgan fingerprint density at radius 2 is 1.80 bits per heavy atom. The molecule has 2 rings (SSSR count). The minimum absolute atomic E-state index is 0.384. The van der Waals surface area contributed by atoms with Gasteiger partial charge >= 0.3 is 0 Å². The summed E-state index contributed by atoms with van der Waals surface area (Å²) in [6.07, 6.45) is 0.384. The van der Waals surface area contributed by atoms with Crippen LogP contribution in [0.2, 0.25) is 0 Å². The van der Waals surface area contributed by atoms with E-state index in [4.69, 9.17) is 4.74 Å². The van der Waals surface area contributed by atoms with Gasteiger partial charge in [0.1, 0.15) is 11.9 Å². The molecule has 2 heteroatoms. The van der Waals surface area contributed by atoms with Gasteiger partial charge in [0.2, 0.25) is 0 Å². The summed E-state index contributed by atoms with van der Waals surface area (Å²) in [5, 5.41) is 0. The largest absolute Gasteiger partial charge is 0.488 e. The van der Waals surface area contributed by atoms with Crippen molar-refractivity contribution >= 4 is 0 Å². The molecule has 1 aromatic carbocycles. The molecular formula is C13H19NO. The third kappa shape index (κ3) is 2.51. The van der Waals surface area contributed by atoms with Crippen molar-refractivity contribution in [3.05, 3.63) is 29.8 Å². The van der Waals surface area contributed by atoms with E-state index in [0.29, 0.717) is 12.1 Å². The normalized spacial score (nSPS) is 17.9. The van der Waals surface area contributed by atoms with Gasteiger partial charge in [-0.3, -0.25) is 4.90 Å². The first-order chi connectivity index (χ1) is 7.15. The Balaban J connectivity index is 1.82. The van der Waals surface area contributed by atoms with Crippen LogP contribution >= 0.6 is 0 Å². The summed E-state index contributed by atoms with van der Waals surface area (Å²) in [4.78, 5) is 2.42. The molecule has 15 heavy (non-hydrogen) atoms. The molecule has 1 aliphatic heterocycles. The number of aryl methyl sites for hydroxylation is 1. The van der Waals surface area contributed by atoms with Crippen LogP contribution in [0, 0.1) is 6.92 Å². The molecule has 1 aliphatic rings. The number of hydrogen-bond acceptors (Lipinski definition) is 2. The zero-order valence-corrected chi connectivity index (χ0v) is 9.73. The molecule has 0 bridgehead atoms. The molecule has 0 amide bonds. The van der Waals surface area contributed by atoms with Crippen LogP contribution in [-0.4, -0.2) is 30.1 Å². The lowest BCUT2D eigenvalue weighted by atomic mass is 10.1. The molecule has 0 atom stereocenters. The average Bonchev–Trinajstić information content (AvgIpc) is 2.13. The molecule has 0 saturated carbocycles. The van der Waals surface area contributed by atoms with Crippen molar-refractivity contribution in [1.29, 1.82) is 0 Å². The van der Waals surface area contributed by atoms with Crippen molar-refractivity contribution in [3.63, 3.8) is 0 Å². The Hall–Kier alpha value is -1.02. The van der Waals surface area contributed by atoms with E-state index in [1.165, 1.54) is 5.56 Å². The number of likely N-dealkylation sites (tertiary alicyclic amines) is 1. The van der Waals surface area contributed by atoms with Crippen molar-refractivity contribution in [1.82, 2.24) is 4.90 Å². The fourth-order valence-corrected chi connectivity index (χ4v) is 1.78. The minimum Gasteiger partial charge on any atom is -0.488 e. The van der Waals surface area contributed by atoms with Gasteiger partial charge in [-0.1, -0.05) is 17.7 Å². The number of hydrogen-bond donors (Lipinski definition) is 0. The summed E-state index contributed by atoms with van der Waals surface area (Å²) in [6, 6.07) is 8.92. The number of rotatable bonds is 3. The second-order valence-electron chi connectivity index (χ2n) is 4.60. The summed E-state index contributed by atoms with van der Waals surface area (Å²) in [5.41, 5.74) is 1.28. The highest BCUT2D eigenvalue weighted by Gasteiger charge is 2.29. The van der Waals surface area contributed by atoms with Crippen LogP contribution in [0.5, 0.6) is 5.75 Å². The third-order valence-electron chi connectivity index (χ3n) is 2.93. The summed E-state index contributed by atoms with van der Waals surface area (Å²) < 4.78 is 5.84. The van der Waals surface area contributed by atoms with Crippen LogP contribution < -0.4 is 4.74 Å². The monoisotopic (exact) mass is 205 g/mol. The average molecular weight is 205 g/mol. The zero-order chi connectivity index (χ0) is 10.8. The highest BCUT2D eigenvalue weighted by molar-refractivity contribution is 5.26. The van der Waals surface area contributed by atoms with Gasteiger partial charge in [-0.2, -0.15) is 0 Å². The predicted molar refractivity (Wildman–Crippen MR) is 62.3 cm³/mol. The van der Waals surface area contributed by atoms with Crippen molar-refractivity contribution in [2.24, 2.45) is 0 Å². The van der Waals surface area contributed by atoms with E-state index < -0.39 is 0 Å². The molecule has 82 valence electrons. The lowest BCUT2D eigenvalue weighted by Crippen LogP contribution is -2.56. The Morgan fingerprint density at radius 1 is 1.20 bits per heavy atom. The molecule has 2 nitrogen and oxygen atoms in total. The van der Waals surface area contributed by atoms with Crippen LogP contribution in [0.1, 0.15) is 19.4 Å². The third-order valence-corrected chi connectivity index (χ3v) is 2.93. The zero-order valence-electron chi connectivity index (χ0n) is 9.73. The first-order valence-electron chi connectivity index (χ1n) is 5.62. The first kappa shape index (κ1) is 10.5. The van der Waals surface area contributed by atoms with Crippen LogP contribution in [0.4, 0.5) is 0 Å². The maximum absolute atomic E-state index is 5.84. The van der Waals surface area contributed by atoms with E-state index in [9.17, 15) is 0 Å². The maximum atomic E-state index is 5.84. The van der Waals surface area contributed by atoms with E-state index >= 15 is 0 Å². The topological polar surface area (TPSA) is 12.5 Å². The smallest absolute Gasteiger partial charge is 0.124 e. The lowest BCUT2D eigenvalue weighted by molar-refractivity contribution is 0.000148. The Labute approximate surface area is 91.9 Å². The lowest BCUT2D eigenvalue weighted by Gasteiger charge is -2.41. The van der Waals surface area contributed by atoms with E-state index in [0.717, 1.165) is 18.8 Å². The molecule has 0 unspecified atom stereocenters. The summed E-state index contributed by atoms with van der Waals surface area (Å²) in [6.45, 7) is 8.66. The second-order valence-corrected chi connectivity index (χ2v) is 4.60. The summed E-state index contributed by atoms with van der Waals surface area (Å²) >= 11 is 0. The van der Waals surface area contributed by atoms with E-state index in [-0.39, 0.29) is 0 Å². The Morgan fingerprint density at radius 3 is 2.33 bits per heavy atom. The van der Waals surface area contributed by atoms with E-state index in [2.05, 4.69) is 37.8 Å². The summed E-state index contributed by atoms with van der Waals surface area (Å²) in [7, 11) is 0. The molecule has 0 radical (unpaired) electrons. The van der Waals surface area contributed by atoms with Crippen molar-refractivity contribution in [2.75, 3.05) is 13.1 Å². The van der Waals surface area contributed by atoms with Crippen LogP contribution in [-0.2, 0) is 0 Å². The van der Waals surface area contributed by atoms with Gasteiger partial charge < -0.3 is 4.74 Å². The SMILES string of the molecule is Cc1ccc(OC2CN(C(C)C)C2)cc1. The fraction of sp³-hybridized carbons (Fsp3) is 0.538. The molecular weight excluding hydrogens is 186 g/mol. The van der Waals surface area contributed by atoms with Crippen molar-refractivity contribution < 1.29 is 4.74 Å². The molecule has 1 aromatic rings. The van der Waals surface area contributed by atoms with Crippen molar-refractivity contribution in [3.8, 4) is 5.75 Å². The molecule has 1 fully saturated rings. The molecule has 1 heterocycles. The fourth-order valence-electron chi connectivity index (χ4n) is 1.78. The molecule has 0 spiro atoms. The Kier molecular flexibility index (Phi) is 2.96. The molecule has 0 aliphatic carbocycles. The van der Waals surface area contributed by atoms with Gasteiger partial charge in [0, 0.05) is 19.1 Å². The van der Waals surface area contributed by atoms with Crippen LogP contribution in [0.25, 0.3) is 0 Å². The molecule has 0 aromatic heterocycles. The molecule has 1 saturated heterocycles. The number of nitrogens with zero attached hydrogens (tertiary/aromatic N) is 1. The van der Waals surface area contributed by atoms with E-state index in [1.54, 1.807) is 0 Å². The van der Waals surface area contributed by atoms with E-state index in [1.807, 2.05) is 12.1 Å².